The number of nitrogens with one attached hydrogen (secondary N) is 1. The van der Waals surface area contributed by atoms with Crippen molar-refractivity contribution in [2.24, 2.45) is 13.0 Å². The number of fused-ring (bicyclic) bond motifs is 1. The van der Waals surface area contributed by atoms with Crippen molar-refractivity contribution in [3.05, 3.63) is 17.5 Å². The Morgan fingerprint density at radius 2 is 2.26 bits per heavy atom. The number of aromatic nitrogens is 2. The van der Waals surface area contributed by atoms with E-state index in [0.29, 0.717) is 17.7 Å². The molecular formula is C13H21ClN4O. The van der Waals surface area contributed by atoms with Gasteiger partial charge in [-0.15, -0.1) is 12.4 Å². The van der Waals surface area contributed by atoms with Gasteiger partial charge in [-0.2, -0.15) is 5.10 Å². The second-order valence-electron chi connectivity index (χ2n) is 5.44. The van der Waals surface area contributed by atoms with Crippen molar-refractivity contribution in [1.29, 1.82) is 0 Å². The van der Waals surface area contributed by atoms with Gasteiger partial charge in [-0.05, 0) is 38.3 Å². The van der Waals surface area contributed by atoms with Gasteiger partial charge in [0.15, 0.2) is 5.69 Å². The number of hydrogen-bond donors (Lipinski definition) is 1. The van der Waals surface area contributed by atoms with Crippen molar-refractivity contribution in [3.8, 4) is 0 Å². The van der Waals surface area contributed by atoms with E-state index >= 15 is 0 Å². The van der Waals surface area contributed by atoms with Gasteiger partial charge >= 0.3 is 0 Å². The first kappa shape index (κ1) is 14.3. The highest BCUT2D eigenvalue weighted by Gasteiger charge is 2.35. The van der Waals surface area contributed by atoms with E-state index in [0.717, 1.165) is 31.7 Å². The molecule has 1 aromatic heterocycles. The Labute approximate surface area is 119 Å². The van der Waals surface area contributed by atoms with E-state index in [9.17, 15) is 4.79 Å². The molecule has 2 saturated heterocycles. The van der Waals surface area contributed by atoms with Crippen LogP contribution in [0.3, 0.4) is 0 Å². The quantitative estimate of drug-likeness (QED) is 0.836. The Bertz CT molecular complexity index is 454. The number of carbonyl (C=O) groups is 1. The number of aryl methyl sites for hydroxylation is 2. The molecule has 0 spiro atoms. The van der Waals surface area contributed by atoms with Crippen LogP contribution in [-0.2, 0) is 7.05 Å². The van der Waals surface area contributed by atoms with Gasteiger partial charge in [-0.1, -0.05) is 0 Å². The van der Waals surface area contributed by atoms with Crippen LogP contribution < -0.4 is 5.32 Å². The van der Waals surface area contributed by atoms with Crippen molar-refractivity contribution >= 4 is 18.3 Å². The molecule has 2 atom stereocenters. The molecule has 2 unspecified atom stereocenters. The Hall–Kier alpha value is -1.07. The number of carbonyl (C=O) groups excluding carboxylic acids is 1. The molecule has 0 saturated carbocycles. The lowest BCUT2D eigenvalue weighted by atomic mass is 9.93. The number of amides is 1. The highest BCUT2D eigenvalue weighted by Crippen LogP contribution is 2.25. The summed E-state index contributed by atoms with van der Waals surface area (Å²) in [7, 11) is 1.87. The molecular weight excluding hydrogens is 264 g/mol. The van der Waals surface area contributed by atoms with Crippen LogP contribution in [0.25, 0.3) is 0 Å². The molecule has 2 aliphatic rings. The van der Waals surface area contributed by atoms with Gasteiger partial charge in [0.25, 0.3) is 5.91 Å². The molecule has 19 heavy (non-hydrogen) atoms. The van der Waals surface area contributed by atoms with Gasteiger partial charge < -0.3 is 10.2 Å². The maximum atomic E-state index is 12.4. The van der Waals surface area contributed by atoms with Gasteiger partial charge in [-0.25, -0.2) is 0 Å². The van der Waals surface area contributed by atoms with E-state index in [1.807, 2.05) is 24.9 Å². The van der Waals surface area contributed by atoms with E-state index in [-0.39, 0.29) is 18.3 Å². The number of likely N-dealkylation sites (tertiary alicyclic amines) is 1. The van der Waals surface area contributed by atoms with Crippen LogP contribution in [0, 0.1) is 12.8 Å². The fraction of sp³-hybridized carbons (Fsp3) is 0.692. The maximum absolute atomic E-state index is 12.4. The van der Waals surface area contributed by atoms with Crippen molar-refractivity contribution < 1.29 is 4.79 Å². The summed E-state index contributed by atoms with van der Waals surface area (Å²) in [6, 6.07) is 2.50. The molecule has 1 aromatic rings. The summed E-state index contributed by atoms with van der Waals surface area (Å²) in [5.41, 5.74) is 1.61. The fourth-order valence-electron chi connectivity index (χ4n) is 3.06. The second-order valence-corrected chi connectivity index (χ2v) is 5.44. The average molecular weight is 285 g/mol. The smallest absolute Gasteiger partial charge is 0.274 e. The zero-order chi connectivity index (χ0) is 12.7. The van der Waals surface area contributed by atoms with E-state index in [1.165, 1.54) is 6.42 Å². The lowest BCUT2D eigenvalue weighted by Gasteiger charge is -2.34. The van der Waals surface area contributed by atoms with Gasteiger partial charge in [0.05, 0.1) is 0 Å². The van der Waals surface area contributed by atoms with Crippen molar-refractivity contribution in [2.45, 2.75) is 25.8 Å². The molecule has 5 nitrogen and oxygen atoms in total. The Morgan fingerprint density at radius 3 is 2.95 bits per heavy atom. The molecule has 6 heteroatoms. The Balaban J connectivity index is 0.00000133. The highest BCUT2D eigenvalue weighted by atomic mass is 35.5. The van der Waals surface area contributed by atoms with Crippen LogP contribution in [0.1, 0.15) is 29.0 Å². The van der Waals surface area contributed by atoms with Crippen LogP contribution in [0.5, 0.6) is 0 Å². The van der Waals surface area contributed by atoms with Crippen molar-refractivity contribution in [1.82, 2.24) is 20.0 Å². The molecule has 0 aromatic carbocycles. The van der Waals surface area contributed by atoms with Crippen LogP contribution in [0.4, 0.5) is 0 Å². The molecule has 2 fully saturated rings. The lowest BCUT2D eigenvalue weighted by Crippen LogP contribution is -2.47. The highest BCUT2D eigenvalue weighted by molar-refractivity contribution is 5.92. The standard InChI is InChI=1S/C13H20N4O.ClH/c1-9-7-12(15-16(9)2)13(18)17-6-4-11-10(8-17)3-5-14-11;/h7,10-11,14H,3-6,8H2,1-2H3;1H. The minimum atomic E-state index is 0. The number of piperidine rings is 1. The molecule has 1 amide bonds. The van der Waals surface area contributed by atoms with E-state index < -0.39 is 0 Å². The van der Waals surface area contributed by atoms with E-state index in [2.05, 4.69) is 10.4 Å². The fourth-order valence-corrected chi connectivity index (χ4v) is 3.06. The first-order valence-electron chi connectivity index (χ1n) is 6.68. The van der Waals surface area contributed by atoms with Gasteiger partial charge in [-0.3, -0.25) is 9.48 Å². The van der Waals surface area contributed by atoms with Crippen molar-refractivity contribution in [2.75, 3.05) is 19.6 Å². The molecule has 0 radical (unpaired) electrons. The van der Waals surface area contributed by atoms with E-state index in [1.54, 1.807) is 4.68 Å². The molecule has 0 aliphatic carbocycles. The van der Waals surface area contributed by atoms with Crippen molar-refractivity contribution in [3.63, 3.8) is 0 Å². The third-order valence-electron chi connectivity index (χ3n) is 4.28. The number of halogens is 1. The summed E-state index contributed by atoms with van der Waals surface area (Å²) in [5.74, 6) is 0.719. The summed E-state index contributed by atoms with van der Waals surface area (Å²) in [6.45, 7) is 4.80. The molecule has 2 aliphatic heterocycles. The monoisotopic (exact) mass is 284 g/mol. The minimum absolute atomic E-state index is 0. The number of nitrogens with zero attached hydrogens (tertiary/aromatic N) is 3. The van der Waals surface area contributed by atoms with E-state index in [4.69, 9.17) is 0 Å². The SMILES string of the molecule is Cc1cc(C(=O)N2CCC3NCCC3C2)nn1C.Cl. The molecule has 106 valence electrons. The zero-order valence-electron chi connectivity index (χ0n) is 11.4. The zero-order valence-corrected chi connectivity index (χ0v) is 12.2. The molecule has 1 N–H and O–H groups in total. The third kappa shape index (κ3) is 2.62. The first-order chi connectivity index (χ1) is 8.65. The average Bonchev–Trinajstić information content (AvgIpc) is 2.95. The van der Waals surface area contributed by atoms with Crippen LogP contribution in [0.15, 0.2) is 6.07 Å². The maximum Gasteiger partial charge on any atom is 0.274 e. The molecule has 3 rings (SSSR count). The van der Waals surface area contributed by atoms with Crippen LogP contribution in [0.2, 0.25) is 0 Å². The molecule has 3 heterocycles. The normalized spacial score (nSPS) is 25.9. The minimum Gasteiger partial charge on any atom is -0.337 e. The van der Waals surface area contributed by atoms with Gasteiger partial charge in [0.1, 0.15) is 0 Å². The molecule has 0 bridgehead atoms. The summed E-state index contributed by atoms with van der Waals surface area (Å²) in [6.07, 6.45) is 2.26. The summed E-state index contributed by atoms with van der Waals surface area (Å²) in [4.78, 5) is 14.4. The lowest BCUT2D eigenvalue weighted by molar-refractivity contribution is 0.0655. The second kappa shape index (κ2) is 5.51. The van der Waals surface area contributed by atoms with Crippen LogP contribution in [-0.4, -0.2) is 46.3 Å². The predicted molar refractivity (Wildman–Crippen MR) is 75.6 cm³/mol. The predicted octanol–water partition coefficient (Wildman–Crippen LogP) is 0.974. The largest absolute Gasteiger partial charge is 0.337 e. The number of hydrogen-bond acceptors (Lipinski definition) is 3. The third-order valence-corrected chi connectivity index (χ3v) is 4.28. The number of rotatable bonds is 1. The summed E-state index contributed by atoms with van der Waals surface area (Å²) in [5, 5.41) is 7.79. The first-order valence-corrected chi connectivity index (χ1v) is 6.68. The van der Waals surface area contributed by atoms with Gasteiger partial charge in [0, 0.05) is 31.9 Å². The summed E-state index contributed by atoms with van der Waals surface area (Å²) >= 11 is 0. The van der Waals surface area contributed by atoms with Gasteiger partial charge in [0.2, 0.25) is 0 Å². The summed E-state index contributed by atoms with van der Waals surface area (Å²) < 4.78 is 1.76. The van der Waals surface area contributed by atoms with Crippen LogP contribution >= 0.6 is 12.4 Å². The Morgan fingerprint density at radius 1 is 1.47 bits per heavy atom. The topological polar surface area (TPSA) is 50.2 Å². The Kier molecular flexibility index (Phi) is 4.16.